The zero-order valence-corrected chi connectivity index (χ0v) is 11.2. The van der Waals surface area contributed by atoms with Gasteiger partial charge >= 0.3 is 0 Å². The molecular weight excluding hydrogens is 212 g/mol. The summed E-state index contributed by atoms with van der Waals surface area (Å²) in [6.45, 7) is 10.00. The molecule has 0 fully saturated rings. The molecule has 2 N–H and O–H groups in total. The molecule has 1 aliphatic carbocycles. The lowest BCUT2D eigenvalue weighted by Gasteiger charge is -2.20. The van der Waals surface area contributed by atoms with Gasteiger partial charge in [0.05, 0.1) is 0 Å². The summed E-state index contributed by atoms with van der Waals surface area (Å²) < 4.78 is 0. The van der Waals surface area contributed by atoms with E-state index in [1.807, 2.05) is 13.8 Å². The quantitative estimate of drug-likeness (QED) is 0.678. The number of hydrogen-bond acceptors (Lipinski definition) is 2. The molecular formula is C15H24O2. The second-order valence-corrected chi connectivity index (χ2v) is 5.25. The number of rotatable bonds is 1. The van der Waals surface area contributed by atoms with Crippen molar-refractivity contribution in [3.05, 3.63) is 35.1 Å². The molecule has 96 valence electrons. The third-order valence-corrected chi connectivity index (χ3v) is 3.58. The van der Waals surface area contributed by atoms with Gasteiger partial charge in [-0.3, -0.25) is 0 Å². The molecule has 0 aromatic carbocycles. The number of aliphatic hydroxyl groups is 2. The fraction of sp³-hybridized carbons (Fsp3) is 0.600. The van der Waals surface area contributed by atoms with E-state index in [2.05, 4.69) is 19.6 Å². The van der Waals surface area contributed by atoms with Crippen LogP contribution in [-0.4, -0.2) is 16.3 Å². The number of aliphatic hydroxyl groups excluding tert-OH is 2. The molecule has 0 aromatic heterocycles. The number of allylic oxidation sites excluding steroid dienone is 3. The normalized spacial score (nSPS) is 34.9. The molecule has 0 amide bonds. The molecule has 0 saturated heterocycles. The van der Waals surface area contributed by atoms with Crippen molar-refractivity contribution in [3.63, 3.8) is 0 Å². The Morgan fingerprint density at radius 3 is 2.65 bits per heavy atom. The van der Waals surface area contributed by atoms with Gasteiger partial charge in [0.2, 0.25) is 0 Å². The minimum Gasteiger partial charge on any atom is -0.510 e. The lowest BCUT2D eigenvalue weighted by atomic mass is 9.88. The monoisotopic (exact) mass is 236 g/mol. The first-order valence-corrected chi connectivity index (χ1v) is 6.29. The van der Waals surface area contributed by atoms with Crippen LogP contribution < -0.4 is 0 Å². The maximum atomic E-state index is 9.89. The summed E-state index contributed by atoms with van der Waals surface area (Å²) in [6.07, 6.45) is 4.74. The van der Waals surface area contributed by atoms with Gasteiger partial charge in [0.1, 0.15) is 11.9 Å². The topological polar surface area (TPSA) is 40.5 Å². The third kappa shape index (κ3) is 4.04. The van der Waals surface area contributed by atoms with E-state index in [9.17, 15) is 10.2 Å². The van der Waals surface area contributed by atoms with Crippen molar-refractivity contribution >= 4 is 0 Å². The van der Waals surface area contributed by atoms with Gasteiger partial charge in [0.25, 0.3) is 0 Å². The Balaban J connectivity index is 2.91. The second kappa shape index (κ2) is 6.06. The summed E-state index contributed by atoms with van der Waals surface area (Å²) in [7, 11) is 0. The molecule has 0 aromatic rings. The lowest BCUT2D eigenvalue weighted by molar-refractivity contribution is 0.149. The minimum absolute atomic E-state index is 0.153. The molecule has 0 heterocycles. The SMILES string of the molecule is C=C(C)[C@H]1C/C=C(/C)CC(O)/C(O)=C(/C)CC1. The van der Waals surface area contributed by atoms with Crippen LogP contribution in [0, 0.1) is 5.92 Å². The molecule has 0 saturated carbocycles. The van der Waals surface area contributed by atoms with Crippen molar-refractivity contribution in [1.29, 1.82) is 0 Å². The van der Waals surface area contributed by atoms with Crippen LogP contribution in [0.5, 0.6) is 0 Å². The predicted octanol–water partition coefficient (Wildman–Crippen LogP) is 3.89. The second-order valence-electron chi connectivity index (χ2n) is 5.25. The van der Waals surface area contributed by atoms with Gasteiger partial charge in [-0.2, -0.15) is 0 Å². The van der Waals surface area contributed by atoms with E-state index < -0.39 is 6.10 Å². The largest absolute Gasteiger partial charge is 0.510 e. The minimum atomic E-state index is -0.743. The Morgan fingerprint density at radius 1 is 1.41 bits per heavy atom. The molecule has 0 bridgehead atoms. The molecule has 1 rings (SSSR count). The van der Waals surface area contributed by atoms with Gasteiger partial charge in [-0.1, -0.05) is 23.8 Å². The van der Waals surface area contributed by atoms with Crippen molar-refractivity contribution in [2.45, 2.75) is 52.6 Å². The highest BCUT2D eigenvalue weighted by atomic mass is 16.3. The van der Waals surface area contributed by atoms with Crippen LogP contribution in [0.25, 0.3) is 0 Å². The van der Waals surface area contributed by atoms with Crippen molar-refractivity contribution in [1.82, 2.24) is 0 Å². The maximum absolute atomic E-state index is 9.89. The van der Waals surface area contributed by atoms with E-state index in [0.717, 1.165) is 30.4 Å². The van der Waals surface area contributed by atoms with Gasteiger partial charge in [-0.15, -0.1) is 0 Å². The summed E-state index contributed by atoms with van der Waals surface area (Å²) in [5, 5.41) is 19.7. The van der Waals surface area contributed by atoms with Gasteiger partial charge in [0, 0.05) is 6.42 Å². The Bertz CT molecular complexity index is 350. The van der Waals surface area contributed by atoms with Gasteiger partial charge in [-0.05, 0) is 51.5 Å². The van der Waals surface area contributed by atoms with E-state index in [-0.39, 0.29) is 5.76 Å². The van der Waals surface area contributed by atoms with E-state index in [4.69, 9.17) is 0 Å². The van der Waals surface area contributed by atoms with Crippen LogP contribution in [-0.2, 0) is 0 Å². The summed E-state index contributed by atoms with van der Waals surface area (Å²) in [5.74, 6) is 0.628. The van der Waals surface area contributed by atoms with E-state index >= 15 is 0 Å². The first-order chi connectivity index (χ1) is 7.91. The molecule has 2 atom stereocenters. The maximum Gasteiger partial charge on any atom is 0.120 e. The van der Waals surface area contributed by atoms with Gasteiger partial charge < -0.3 is 10.2 Å². The van der Waals surface area contributed by atoms with Crippen LogP contribution >= 0.6 is 0 Å². The Labute approximate surface area is 104 Å². The average Bonchev–Trinajstić information content (AvgIpc) is 2.25. The molecule has 17 heavy (non-hydrogen) atoms. The summed E-state index contributed by atoms with van der Waals surface area (Å²) in [5.41, 5.74) is 3.23. The average molecular weight is 236 g/mol. The van der Waals surface area contributed by atoms with Crippen LogP contribution in [0.1, 0.15) is 46.5 Å². The van der Waals surface area contributed by atoms with Crippen LogP contribution in [0.2, 0.25) is 0 Å². The van der Waals surface area contributed by atoms with Crippen molar-refractivity contribution in [3.8, 4) is 0 Å². The summed E-state index contributed by atoms with van der Waals surface area (Å²) in [4.78, 5) is 0. The Morgan fingerprint density at radius 2 is 2.06 bits per heavy atom. The van der Waals surface area contributed by atoms with Crippen LogP contribution in [0.4, 0.5) is 0 Å². The zero-order chi connectivity index (χ0) is 13.0. The molecule has 0 radical (unpaired) electrons. The van der Waals surface area contributed by atoms with Gasteiger partial charge in [-0.25, -0.2) is 0 Å². The van der Waals surface area contributed by atoms with E-state index in [1.165, 1.54) is 5.57 Å². The van der Waals surface area contributed by atoms with Crippen LogP contribution in [0.15, 0.2) is 35.1 Å². The molecule has 1 aliphatic rings. The van der Waals surface area contributed by atoms with Crippen LogP contribution in [0.3, 0.4) is 0 Å². The smallest absolute Gasteiger partial charge is 0.120 e. The Kier molecular flexibility index (Phi) is 5.01. The molecule has 0 spiro atoms. The molecule has 0 aliphatic heterocycles. The lowest BCUT2D eigenvalue weighted by Crippen LogP contribution is -2.14. The Hall–Kier alpha value is -1.02. The fourth-order valence-electron chi connectivity index (χ4n) is 2.20. The molecule has 2 heteroatoms. The highest BCUT2D eigenvalue weighted by molar-refractivity contribution is 5.15. The number of hydrogen-bond donors (Lipinski definition) is 2. The standard InChI is InChI=1S/C15H24O2/c1-10(2)13-7-5-11(3)9-14(16)15(17)12(4)6-8-13/h5,13-14,16-17H,1,6-9H2,2-4H3/b11-5-,15-12+/t13-,14?/m0/s1. The molecule has 2 nitrogen and oxygen atoms in total. The fourth-order valence-corrected chi connectivity index (χ4v) is 2.20. The van der Waals surface area contributed by atoms with E-state index in [0.29, 0.717) is 12.3 Å². The predicted molar refractivity (Wildman–Crippen MR) is 71.9 cm³/mol. The van der Waals surface area contributed by atoms with Gasteiger partial charge in [0.15, 0.2) is 0 Å². The van der Waals surface area contributed by atoms with Crippen molar-refractivity contribution in [2.75, 3.05) is 0 Å². The first kappa shape index (κ1) is 14.0. The first-order valence-electron chi connectivity index (χ1n) is 6.29. The highest BCUT2D eigenvalue weighted by Crippen LogP contribution is 2.27. The van der Waals surface area contributed by atoms with Crippen molar-refractivity contribution < 1.29 is 10.2 Å². The zero-order valence-electron chi connectivity index (χ0n) is 11.2. The highest BCUT2D eigenvalue weighted by Gasteiger charge is 2.17. The van der Waals surface area contributed by atoms with Crippen molar-refractivity contribution in [2.24, 2.45) is 5.92 Å². The van der Waals surface area contributed by atoms with E-state index in [1.54, 1.807) is 0 Å². The summed E-state index contributed by atoms with van der Waals surface area (Å²) in [6, 6.07) is 0. The molecule has 1 unspecified atom stereocenters. The summed E-state index contributed by atoms with van der Waals surface area (Å²) >= 11 is 0. The third-order valence-electron chi connectivity index (χ3n) is 3.58.